The zero-order valence-electron chi connectivity index (χ0n) is 7.97. The molecule has 1 rings (SSSR count). The van der Waals surface area contributed by atoms with E-state index in [1.165, 1.54) is 18.3 Å². The molecule has 0 saturated heterocycles. The molecule has 0 bridgehead atoms. The van der Waals surface area contributed by atoms with Gasteiger partial charge in [-0.3, -0.25) is 4.79 Å². The summed E-state index contributed by atoms with van der Waals surface area (Å²) in [5, 5.41) is 0. The van der Waals surface area contributed by atoms with Crippen LogP contribution in [0.2, 0.25) is 0 Å². The molecule has 1 heterocycles. The molecule has 0 aromatic carbocycles. The first kappa shape index (κ1) is 9.84. The van der Waals surface area contributed by atoms with E-state index in [1.54, 1.807) is 0 Å². The Kier molecular flexibility index (Phi) is 2.45. The van der Waals surface area contributed by atoms with Gasteiger partial charge in [0, 0.05) is 17.2 Å². The molecule has 0 radical (unpaired) electrons. The Labute approximate surface area is 76.8 Å². The minimum atomic E-state index is -0.564. The van der Waals surface area contributed by atoms with Crippen LogP contribution in [0.1, 0.15) is 31.1 Å². The monoisotopic (exact) mass is 181 g/mol. The largest absolute Gasteiger partial charge is 0.294 e. The lowest BCUT2D eigenvalue weighted by atomic mass is 9.87. The molecule has 1 aromatic rings. The van der Waals surface area contributed by atoms with Crippen molar-refractivity contribution in [1.29, 1.82) is 0 Å². The lowest BCUT2D eigenvalue weighted by Crippen LogP contribution is -2.20. The summed E-state index contributed by atoms with van der Waals surface area (Å²) in [6.07, 6.45) is 1.27. The van der Waals surface area contributed by atoms with Crippen molar-refractivity contribution in [2.45, 2.75) is 20.8 Å². The maximum Gasteiger partial charge on any atom is 0.212 e. The summed E-state index contributed by atoms with van der Waals surface area (Å²) in [6, 6.07) is 2.65. The first-order valence-electron chi connectivity index (χ1n) is 4.07. The van der Waals surface area contributed by atoms with E-state index >= 15 is 0 Å². The normalized spacial score (nSPS) is 11.4. The van der Waals surface area contributed by atoms with Gasteiger partial charge in [0.2, 0.25) is 5.95 Å². The summed E-state index contributed by atoms with van der Waals surface area (Å²) >= 11 is 0. The Hall–Kier alpha value is -1.25. The van der Waals surface area contributed by atoms with Gasteiger partial charge >= 0.3 is 0 Å². The molecule has 0 spiro atoms. The Morgan fingerprint density at radius 2 is 2.00 bits per heavy atom. The van der Waals surface area contributed by atoms with Gasteiger partial charge in [-0.05, 0) is 12.1 Å². The first-order valence-corrected chi connectivity index (χ1v) is 4.07. The predicted octanol–water partition coefficient (Wildman–Crippen LogP) is 2.45. The van der Waals surface area contributed by atoms with Gasteiger partial charge in [-0.1, -0.05) is 20.8 Å². The highest BCUT2D eigenvalue weighted by atomic mass is 19.1. The molecule has 1 aromatic heterocycles. The summed E-state index contributed by atoms with van der Waals surface area (Å²) in [6.45, 7) is 5.45. The van der Waals surface area contributed by atoms with Gasteiger partial charge in [0.05, 0.1) is 0 Å². The molecule has 0 saturated carbocycles. The third-order valence-corrected chi connectivity index (χ3v) is 1.67. The number of hydrogen-bond acceptors (Lipinski definition) is 2. The third kappa shape index (κ3) is 2.34. The summed E-state index contributed by atoms with van der Waals surface area (Å²) < 4.78 is 12.4. The number of halogens is 1. The SMILES string of the molecule is CC(C)(C)C(=O)c1ccc(F)nc1. The van der Waals surface area contributed by atoms with E-state index in [0.717, 1.165) is 0 Å². The van der Waals surface area contributed by atoms with Gasteiger partial charge in [0.1, 0.15) is 0 Å². The maximum atomic E-state index is 12.4. The van der Waals surface area contributed by atoms with Crippen LogP contribution in [-0.4, -0.2) is 10.8 Å². The van der Waals surface area contributed by atoms with Crippen LogP contribution >= 0.6 is 0 Å². The average molecular weight is 181 g/mol. The van der Waals surface area contributed by atoms with E-state index in [0.29, 0.717) is 5.56 Å². The molecule has 3 heteroatoms. The number of Topliss-reactive ketones (excluding diaryl/α,β-unsaturated/α-hetero) is 1. The van der Waals surface area contributed by atoms with Crippen LogP contribution < -0.4 is 0 Å². The van der Waals surface area contributed by atoms with Crippen LogP contribution in [0.5, 0.6) is 0 Å². The maximum absolute atomic E-state index is 12.4. The fourth-order valence-corrected chi connectivity index (χ4v) is 0.943. The summed E-state index contributed by atoms with van der Waals surface area (Å²) in [5.41, 5.74) is 0.00775. The van der Waals surface area contributed by atoms with Crippen molar-refractivity contribution in [2.75, 3.05) is 0 Å². The average Bonchev–Trinajstić information content (AvgIpc) is 2.03. The van der Waals surface area contributed by atoms with E-state index in [4.69, 9.17) is 0 Å². The Balaban J connectivity index is 2.97. The predicted molar refractivity (Wildman–Crippen MR) is 48.0 cm³/mol. The molecule has 0 unspecified atom stereocenters. The van der Waals surface area contributed by atoms with Crippen molar-refractivity contribution in [3.8, 4) is 0 Å². The van der Waals surface area contributed by atoms with Crippen LogP contribution in [0, 0.1) is 11.4 Å². The number of aromatic nitrogens is 1. The molecule has 13 heavy (non-hydrogen) atoms. The van der Waals surface area contributed by atoms with Gasteiger partial charge in [-0.25, -0.2) is 4.98 Å². The Morgan fingerprint density at radius 3 is 2.38 bits per heavy atom. The molecule has 0 atom stereocenters. The molecule has 0 fully saturated rings. The molecule has 0 N–H and O–H groups in total. The Morgan fingerprint density at radius 1 is 1.38 bits per heavy atom. The first-order chi connectivity index (χ1) is 5.91. The summed E-state index contributed by atoms with van der Waals surface area (Å²) in [7, 11) is 0. The third-order valence-electron chi connectivity index (χ3n) is 1.67. The molecule has 70 valence electrons. The van der Waals surface area contributed by atoms with Crippen LogP contribution in [0.25, 0.3) is 0 Å². The highest BCUT2D eigenvalue weighted by molar-refractivity contribution is 5.99. The quantitative estimate of drug-likeness (QED) is 0.492. The van der Waals surface area contributed by atoms with Crippen molar-refractivity contribution in [3.63, 3.8) is 0 Å². The second kappa shape index (κ2) is 3.24. The van der Waals surface area contributed by atoms with E-state index < -0.39 is 11.4 Å². The van der Waals surface area contributed by atoms with Crippen LogP contribution in [0.3, 0.4) is 0 Å². The number of rotatable bonds is 1. The number of hydrogen-bond donors (Lipinski definition) is 0. The Bertz CT molecular complexity index is 311. The molecular formula is C10H12FNO. The number of nitrogens with zero attached hydrogens (tertiary/aromatic N) is 1. The van der Waals surface area contributed by atoms with Crippen molar-refractivity contribution in [3.05, 3.63) is 29.8 Å². The fraction of sp³-hybridized carbons (Fsp3) is 0.400. The zero-order valence-corrected chi connectivity index (χ0v) is 7.97. The summed E-state index contributed by atoms with van der Waals surface area (Å²) in [5.74, 6) is -0.592. The van der Waals surface area contributed by atoms with Crippen LogP contribution in [0.15, 0.2) is 18.3 Å². The number of carbonyl (C=O) groups excluding carboxylic acids is 1. The standard InChI is InChI=1S/C10H12FNO/c1-10(2,3)9(13)7-4-5-8(11)12-6-7/h4-6H,1-3H3. The smallest absolute Gasteiger partial charge is 0.212 e. The van der Waals surface area contributed by atoms with Crippen molar-refractivity contribution in [2.24, 2.45) is 5.41 Å². The lowest BCUT2D eigenvalue weighted by Gasteiger charge is -2.15. The molecular weight excluding hydrogens is 169 g/mol. The van der Waals surface area contributed by atoms with Gasteiger partial charge in [0.15, 0.2) is 5.78 Å². The van der Waals surface area contributed by atoms with E-state index in [-0.39, 0.29) is 5.78 Å². The highest BCUT2D eigenvalue weighted by Gasteiger charge is 2.22. The van der Waals surface area contributed by atoms with E-state index in [1.807, 2.05) is 20.8 Å². The van der Waals surface area contributed by atoms with Gasteiger partial charge in [-0.2, -0.15) is 4.39 Å². The van der Waals surface area contributed by atoms with E-state index in [9.17, 15) is 9.18 Å². The van der Waals surface area contributed by atoms with Crippen LogP contribution in [0.4, 0.5) is 4.39 Å². The number of pyridine rings is 1. The minimum absolute atomic E-state index is 0.0278. The summed E-state index contributed by atoms with van der Waals surface area (Å²) in [4.78, 5) is 15.0. The van der Waals surface area contributed by atoms with E-state index in [2.05, 4.69) is 4.98 Å². The molecule has 0 amide bonds. The topological polar surface area (TPSA) is 30.0 Å². The van der Waals surface area contributed by atoms with Gasteiger partial charge < -0.3 is 0 Å². The molecule has 0 aliphatic heterocycles. The minimum Gasteiger partial charge on any atom is -0.294 e. The lowest BCUT2D eigenvalue weighted by molar-refractivity contribution is 0.0858. The van der Waals surface area contributed by atoms with Gasteiger partial charge in [-0.15, -0.1) is 0 Å². The molecule has 0 aliphatic carbocycles. The van der Waals surface area contributed by atoms with Crippen LogP contribution in [-0.2, 0) is 0 Å². The number of carbonyl (C=O) groups is 1. The second-order valence-corrected chi connectivity index (χ2v) is 3.95. The van der Waals surface area contributed by atoms with Crippen molar-refractivity contribution < 1.29 is 9.18 Å². The number of ketones is 1. The zero-order chi connectivity index (χ0) is 10.1. The highest BCUT2D eigenvalue weighted by Crippen LogP contribution is 2.19. The molecule has 2 nitrogen and oxygen atoms in total. The van der Waals surface area contributed by atoms with Crippen molar-refractivity contribution >= 4 is 5.78 Å². The molecule has 0 aliphatic rings. The fourth-order valence-electron chi connectivity index (χ4n) is 0.943. The second-order valence-electron chi connectivity index (χ2n) is 3.95. The van der Waals surface area contributed by atoms with Crippen molar-refractivity contribution in [1.82, 2.24) is 4.98 Å². The van der Waals surface area contributed by atoms with Gasteiger partial charge in [0.25, 0.3) is 0 Å².